The summed E-state index contributed by atoms with van der Waals surface area (Å²) in [7, 11) is 0. The van der Waals surface area contributed by atoms with Crippen molar-refractivity contribution >= 4 is 17.3 Å². The Labute approximate surface area is 198 Å². The fraction of sp³-hybridized carbons (Fsp3) is 0.400. The molecule has 0 unspecified atom stereocenters. The van der Waals surface area contributed by atoms with E-state index in [4.69, 9.17) is 30.5 Å². The first kappa shape index (κ1) is 22.4. The van der Waals surface area contributed by atoms with Crippen molar-refractivity contribution in [2.45, 2.75) is 25.0 Å². The van der Waals surface area contributed by atoms with Crippen LogP contribution in [0.15, 0.2) is 67.3 Å². The molecular weight excluding hydrogens is 442 g/mol. The van der Waals surface area contributed by atoms with Crippen molar-refractivity contribution in [1.29, 1.82) is 0 Å². The van der Waals surface area contributed by atoms with Crippen LogP contribution in [0.5, 0.6) is 0 Å². The van der Waals surface area contributed by atoms with Crippen LogP contribution in [0.4, 0.5) is 5.69 Å². The van der Waals surface area contributed by atoms with Crippen LogP contribution in [0.25, 0.3) is 0 Å². The van der Waals surface area contributed by atoms with Gasteiger partial charge in [-0.3, -0.25) is 0 Å². The van der Waals surface area contributed by atoms with Gasteiger partial charge in [0.2, 0.25) is 5.79 Å². The number of anilines is 1. The molecule has 5 rings (SSSR count). The molecule has 0 aliphatic carbocycles. The Bertz CT molecular complexity index is 1010. The van der Waals surface area contributed by atoms with Crippen LogP contribution in [0, 0.1) is 0 Å². The van der Waals surface area contributed by atoms with E-state index < -0.39 is 5.79 Å². The third-order valence-corrected chi connectivity index (χ3v) is 6.37. The van der Waals surface area contributed by atoms with Gasteiger partial charge in [0.25, 0.3) is 0 Å². The van der Waals surface area contributed by atoms with Gasteiger partial charge >= 0.3 is 0 Å². The number of benzene rings is 2. The van der Waals surface area contributed by atoms with Crippen LogP contribution >= 0.6 is 11.6 Å². The quantitative estimate of drug-likeness (QED) is 0.523. The molecule has 0 atom stereocenters. The van der Waals surface area contributed by atoms with Gasteiger partial charge in [0.05, 0.1) is 45.9 Å². The van der Waals surface area contributed by atoms with Gasteiger partial charge in [0.15, 0.2) is 0 Å². The number of hydrogen-bond acceptors (Lipinski definition) is 6. The molecular formula is C25H28ClN3O4. The number of halogens is 1. The first-order chi connectivity index (χ1) is 16.2. The zero-order valence-corrected chi connectivity index (χ0v) is 19.2. The van der Waals surface area contributed by atoms with Crippen molar-refractivity contribution in [2.75, 3.05) is 44.4 Å². The van der Waals surface area contributed by atoms with Crippen molar-refractivity contribution in [3.63, 3.8) is 0 Å². The highest BCUT2D eigenvalue weighted by atomic mass is 35.5. The number of rotatable bonds is 7. The lowest BCUT2D eigenvalue weighted by Gasteiger charge is -2.40. The third-order valence-electron chi connectivity index (χ3n) is 6.04. The number of imidazole rings is 1. The van der Waals surface area contributed by atoms with Crippen molar-refractivity contribution < 1.29 is 18.9 Å². The van der Waals surface area contributed by atoms with Gasteiger partial charge in [0.1, 0.15) is 6.10 Å². The van der Waals surface area contributed by atoms with Gasteiger partial charge in [-0.25, -0.2) is 4.98 Å². The average molecular weight is 470 g/mol. The van der Waals surface area contributed by atoms with E-state index in [2.05, 4.69) is 34.1 Å². The molecule has 0 spiro atoms. The monoisotopic (exact) mass is 469 g/mol. The molecule has 2 saturated heterocycles. The Morgan fingerprint density at radius 2 is 1.79 bits per heavy atom. The van der Waals surface area contributed by atoms with Gasteiger partial charge in [-0.2, -0.15) is 0 Å². The molecule has 0 amide bonds. The molecule has 174 valence electrons. The van der Waals surface area contributed by atoms with Crippen LogP contribution in [0.3, 0.4) is 0 Å². The molecule has 2 aliphatic heterocycles. The first-order valence-corrected chi connectivity index (χ1v) is 11.6. The maximum Gasteiger partial charge on any atom is 0.215 e. The lowest BCUT2D eigenvalue weighted by molar-refractivity contribution is -0.313. The van der Waals surface area contributed by atoms with Gasteiger partial charge in [-0.15, -0.1) is 0 Å². The van der Waals surface area contributed by atoms with Gasteiger partial charge < -0.3 is 28.4 Å². The number of morpholine rings is 1. The summed E-state index contributed by atoms with van der Waals surface area (Å²) in [4.78, 5) is 6.47. The van der Waals surface area contributed by atoms with Crippen molar-refractivity contribution in [3.05, 3.63) is 83.4 Å². The largest absolute Gasteiger partial charge is 0.378 e. The van der Waals surface area contributed by atoms with Crippen LogP contribution in [0.1, 0.15) is 11.1 Å². The van der Waals surface area contributed by atoms with Crippen molar-refractivity contribution in [3.8, 4) is 0 Å². The van der Waals surface area contributed by atoms with Crippen LogP contribution in [0.2, 0.25) is 5.02 Å². The summed E-state index contributed by atoms with van der Waals surface area (Å²) in [6.07, 6.45) is 5.20. The molecule has 3 heterocycles. The lowest BCUT2D eigenvalue weighted by atomic mass is 10.0. The van der Waals surface area contributed by atoms with E-state index >= 15 is 0 Å². The zero-order valence-electron chi connectivity index (χ0n) is 18.4. The molecule has 8 heteroatoms. The topological polar surface area (TPSA) is 58.0 Å². The van der Waals surface area contributed by atoms with E-state index in [1.165, 1.54) is 5.69 Å². The molecule has 2 aliphatic rings. The standard InChI is InChI=1S/C25H28ClN3O4/c26-24-4-2-1-3-23(24)25(18-28-10-9-27-19-28)32-16-22(17-33-25)31-15-20-5-7-21(8-6-20)29-11-13-30-14-12-29/h1-10,19,22H,11-18H2. The Morgan fingerprint density at radius 1 is 1.03 bits per heavy atom. The van der Waals surface area contributed by atoms with Gasteiger partial charge in [0, 0.05) is 41.8 Å². The molecule has 0 radical (unpaired) electrons. The summed E-state index contributed by atoms with van der Waals surface area (Å²) in [5, 5.41) is 0.609. The molecule has 2 aromatic carbocycles. The average Bonchev–Trinajstić information content (AvgIpc) is 3.38. The summed E-state index contributed by atoms with van der Waals surface area (Å²) in [6, 6.07) is 16.1. The normalized spacial score (nSPS) is 23.5. The van der Waals surface area contributed by atoms with Crippen molar-refractivity contribution in [2.24, 2.45) is 0 Å². The van der Waals surface area contributed by atoms with Gasteiger partial charge in [-0.1, -0.05) is 41.9 Å². The number of ether oxygens (including phenoxy) is 4. The second kappa shape index (κ2) is 10.2. The maximum absolute atomic E-state index is 6.51. The SMILES string of the molecule is Clc1ccccc1C1(Cn2ccnc2)OCC(OCc2ccc(N3CCOCC3)cc2)CO1. The zero-order chi connectivity index (χ0) is 22.5. The van der Waals surface area contributed by atoms with Crippen molar-refractivity contribution in [1.82, 2.24) is 9.55 Å². The smallest absolute Gasteiger partial charge is 0.215 e. The maximum atomic E-state index is 6.51. The van der Waals surface area contributed by atoms with Crippen LogP contribution in [-0.2, 0) is 37.9 Å². The summed E-state index contributed by atoms with van der Waals surface area (Å²) >= 11 is 6.51. The highest BCUT2D eigenvalue weighted by Gasteiger charge is 2.41. The molecule has 33 heavy (non-hydrogen) atoms. The Morgan fingerprint density at radius 3 is 2.48 bits per heavy atom. The predicted octanol–water partition coefficient (Wildman–Crippen LogP) is 3.86. The molecule has 7 nitrogen and oxygen atoms in total. The molecule has 0 bridgehead atoms. The summed E-state index contributed by atoms with van der Waals surface area (Å²) < 4.78 is 26.1. The molecule has 2 fully saturated rings. The van der Waals surface area contributed by atoms with E-state index in [1.54, 1.807) is 12.5 Å². The summed E-state index contributed by atoms with van der Waals surface area (Å²) in [5.41, 5.74) is 3.14. The summed E-state index contributed by atoms with van der Waals surface area (Å²) in [5.74, 6) is -0.987. The highest BCUT2D eigenvalue weighted by molar-refractivity contribution is 6.31. The minimum absolute atomic E-state index is 0.165. The second-order valence-electron chi connectivity index (χ2n) is 8.29. The van der Waals surface area contributed by atoms with Crippen LogP contribution < -0.4 is 4.90 Å². The highest BCUT2D eigenvalue weighted by Crippen LogP contribution is 2.37. The first-order valence-electron chi connectivity index (χ1n) is 11.2. The Kier molecular flexibility index (Phi) is 6.94. The fourth-order valence-corrected chi connectivity index (χ4v) is 4.48. The molecule has 3 aromatic rings. The lowest BCUT2D eigenvalue weighted by Crippen LogP contribution is -2.47. The third kappa shape index (κ3) is 5.23. The number of nitrogens with zero attached hydrogens (tertiary/aromatic N) is 3. The minimum atomic E-state index is -0.987. The van der Waals surface area contributed by atoms with E-state index in [0.717, 1.165) is 37.4 Å². The molecule has 0 N–H and O–H groups in total. The van der Waals surface area contributed by atoms with E-state index in [-0.39, 0.29) is 6.10 Å². The van der Waals surface area contributed by atoms with E-state index in [0.29, 0.717) is 31.4 Å². The fourth-order valence-electron chi connectivity index (χ4n) is 4.20. The Balaban J connectivity index is 1.20. The van der Waals surface area contributed by atoms with Crippen LogP contribution in [-0.4, -0.2) is 55.2 Å². The second-order valence-corrected chi connectivity index (χ2v) is 8.70. The van der Waals surface area contributed by atoms with E-state index in [1.807, 2.05) is 35.0 Å². The molecule has 1 aromatic heterocycles. The molecule has 0 saturated carbocycles. The predicted molar refractivity (Wildman–Crippen MR) is 125 cm³/mol. The minimum Gasteiger partial charge on any atom is -0.378 e. The number of aromatic nitrogens is 2. The van der Waals surface area contributed by atoms with E-state index in [9.17, 15) is 0 Å². The van der Waals surface area contributed by atoms with Gasteiger partial charge in [-0.05, 0) is 23.8 Å². The summed E-state index contributed by atoms with van der Waals surface area (Å²) in [6.45, 7) is 5.19. The Hall–Kier alpha value is -2.42. The number of hydrogen-bond donors (Lipinski definition) is 0.